The average molecular weight is 482 g/mol. The van der Waals surface area contributed by atoms with Crippen molar-refractivity contribution < 1.29 is 4.79 Å². The van der Waals surface area contributed by atoms with Crippen LogP contribution in [0.4, 0.5) is 5.82 Å². The van der Waals surface area contributed by atoms with Crippen molar-refractivity contribution in [2.45, 2.75) is 58.8 Å². The van der Waals surface area contributed by atoms with Gasteiger partial charge in [0, 0.05) is 37.2 Å². The van der Waals surface area contributed by atoms with Gasteiger partial charge in [0.15, 0.2) is 5.82 Å². The van der Waals surface area contributed by atoms with Crippen molar-refractivity contribution in [2.75, 3.05) is 24.5 Å². The van der Waals surface area contributed by atoms with E-state index in [0.29, 0.717) is 19.4 Å². The van der Waals surface area contributed by atoms with E-state index in [4.69, 9.17) is 15.2 Å². The molecule has 2 heterocycles. The first-order chi connectivity index (χ1) is 17.5. The topological polar surface area (TPSA) is 81.9 Å². The van der Waals surface area contributed by atoms with Gasteiger partial charge in [0.05, 0.1) is 29.6 Å². The van der Waals surface area contributed by atoms with Gasteiger partial charge < -0.3 is 10.2 Å². The molecule has 6 nitrogen and oxygen atoms in total. The first kappa shape index (κ1) is 25.4. The monoisotopic (exact) mass is 481 g/mol. The van der Waals surface area contributed by atoms with E-state index in [1.54, 1.807) is 0 Å². The summed E-state index contributed by atoms with van der Waals surface area (Å²) in [6, 6.07) is 19.1. The Kier molecular flexibility index (Phi) is 8.67. The van der Waals surface area contributed by atoms with Gasteiger partial charge in [-0.2, -0.15) is 5.26 Å². The van der Waals surface area contributed by atoms with Crippen molar-refractivity contribution in [3.05, 3.63) is 65.4 Å². The number of nitriles is 1. The van der Waals surface area contributed by atoms with Crippen LogP contribution in [0, 0.1) is 25.2 Å². The number of fused-ring (bicyclic) bond motifs is 1. The van der Waals surface area contributed by atoms with Gasteiger partial charge >= 0.3 is 0 Å². The molecule has 0 radical (unpaired) electrons. The number of anilines is 1. The number of benzene rings is 2. The van der Waals surface area contributed by atoms with Crippen molar-refractivity contribution >= 4 is 11.7 Å². The number of rotatable bonds is 10. The summed E-state index contributed by atoms with van der Waals surface area (Å²) in [5.74, 6) is 1.03. The smallest absolute Gasteiger partial charge is 0.220 e. The third kappa shape index (κ3) is 6.48. The largest absolute Gasteiger partial charge is 0.355 e. The van der Waals surface area contributed by atoms with Crippen molar-refractivity contribution in [2.24, 2.45) is 0 Å². The van der Waals surface area contributed by atoms with Gasteiger partial charge in [0.1, 0.15) is 0 Å². The molecule has 1 aliphatic heterocycles. The molecule has 0 atom stereocenters. The zero-order valence-corrected chi connectivity index (χ0v) is 21.4. The van der Waals surface area contributed by atoms with E-state index < -0.39 is 0 Å². The molecule has 1 aliphatic rings. The maximum Gasteiger partial charge on any atom is 0.220 e. The SMILES string of the molecule is Cc1ccc(-c2nc3c(nc2-c2ccc(C)cc2)N(CCCCCC(=O)NCCC#N)CCC3)cc1. The summed E-state index contributed by atoms with van der Waals surface area (Å²) in [6.07, 6.45) is 5.72. The summed E-state index contributed by atoms with van der Waals surface area (Å²) in [5, 5.41) is 11.4. The molecular weight excluding hydrogens is 446 g/mol. The Morgan fingerprint density at radius 3 is 2.22 bits per heavy atom. The van der Waals surface area contributed by atoms with E-state index in [1.807, 2.05) is 6.07 Å². The Morgan fingerprint density at radius 1 is 0.944 bits per heavy atom. The number of aryl methyl sites for hydroxylation is 3. The lowest BCUT2D eigenvalue weighted by atomic mass is 10.0. The van der Waals surface area contributed by atoms with Crippen molar-refractivity contribution in [3.8, 4) is 28.6 Å². The number of carbonyl (C=O) groups excluding carboxylic acids is 1. The van der Waals surface area contributed by atoms with E-state index in [-0.39, 0.29) is 5.91 Å². The number of carbonyl (C=O) groups is 1. The molecular formula is C30H35N5O. The van der Waals surface area contributed by atoms with Gasteiger partial charge in [-0.1, -0.05) is 66.1 Å². The molecule has 3 aromatic rings. The molecule has 0 spiro atoms. The molecule has 1 amide bonds. The molecule has 4 rings (SSSR count). The second-order valence-corrected chi connectivity index (χ2v) is 9.58. The van der Waals surface area contributed by atoms with Gasteiger partial charge in [-0.15, -0.1) is 0 Å². The molecule has 1 N–H and O–H groups in total. The van der Waals surface area contributed by atoms with Gasteiger partial charge in [0.2, 0.25) is 5.91 Å². The molecule has 6 heteroatoms. The van der Waals surface area contributed by atoms with Crippen LogP contribution in [0.15, 0.2) is 48.5 Å². The quantitative estimate of drug-likeness (QED) is 0.372. The molecule has 2 aromatic carbocycles. The van der Waals surface area contributed by atoms with Gasteiger partial charge in [0.25, 0.3) is 0 Å². The van der Waals surface area contributed by atoms with Crippen LogP contribution in [0.25, 0.3) is 22.5 Å². The molecule has 0 bridgehead atoms. The third-order valence-corrected chi connectivity index (χ3v) is 6.63. The minimum atomic E-state index is 0.0332. The van der Waals surface area contributed by atoms with Crippen LogP contribution >= 0.6 is 0 Å². The van der Waals surface area contributed by atoms with E-state index in [0.717, 1.165) is 79.2 Å². The number of nitrogens with zero attached hydrogens (tertiary/aromatic N) is 4. The predicted molar refractivity (Wildman–Crippen MR) is 145 cm³/mol. The zero-order chi connectivity index (χ0) is 25.3. The number of amides is 1. The maximum atomic E-state index is 11.9. The number of aromatic nitrogens is 2. The third-order valence-electron chi connectivity index (χ3n) is 6.63. The van der Waals surface area contributed by atoms with Crippen molar-refractivity contribution in [1.29, 1.82) is 5.26 Å². The Morgan fingerprint density at radius 2 is 1.58 bits per heavy atom. The zero-order valence-electron chi connectivity index (χ0n) is 21.4. The Hall–Kier alpha value is -3.72. The predicted octanol–water partition coefficient (Wildman–Crippen LogP) is 5.77. The molecule has 0 saturated heterocycles. The van der Waals surface area contributed by atoms with Crippen LogP contribution in [0.2, 0.25) is 0 Å². The molecule has 0 unspecified atom stereocenters. The second kappa shape index (κ2) is 12.3. The highest BCUT2D eigenvalue weighted by molar-refractivity contribution is 5.80. The first-order valence-electron chi connectivity index (χ1n) is 13.0. The van der Waals surface area contributed by atoms with E-state index >= 15 is 0 Å². The number of unbranched alkanes of at least 4 members (excludes halogenated alkanes) is 2. The summed E-state index contributed by atoms with van der Waals surface area (Å²) >= 11 is 0. The second-order valence-electron chi connectivity index (χ2n) is 9.58. The summed E-state index contributed by atoms with van der Waals surface area (Å²) in [5.41, 5.74) is 7.58. The number of hydrogen-bond acceptors (Lipinski definition) is 5. The molecule has 0 saturated carbocycles. The Balaban J connectivity index is 1.50. The van der Waals surface area contributed by atoms with Crippen LogP contribution in [-0.4, -0.2) is 35.5 Å². The molecule has 36 heavy (non-hydrogen) atoms. The van der Waals surface area contributed by atoms with Gasteiger partial charge in [-0.3, -0.25) is 4.79 Å². The van der Waals surface area contributed by atoms with E-state index in [1.165, 1.54) is 11.1 Å². The van der Waals surface area contributed by atoms with E-state index in [9.17, 15) is 4.79 Å². The van der Waals surface area contributed by atoms with Crippen LogP contribution in [0.5, 0.6) is 0 Å². The number of nitrogens with one attached hydrogen (secondary N) is 1. The maximum absolute atomic E-state index is 11.9. The van der Waals surface area contributed by atoms with Crippen molar-refractivity contribution in [1.82, 2.24) is 15.3 Å². The number of hydrogen-bond donors (Lipinski definition) is 1. The Bertz CT molecular complexity index is 1210. The molecule has 1 aromatic heterocycles. The summed E-state index contributed by atoms with van der Waals surface area (Å²) in [6.45, 7) is 6.53. The average Bonchev–Trinajstić information content (AvgIpc) is 2.89. The lowest BCUT2D eigenvalue weighted by Gasteiger charge is -2.30. The molecule has 186 valence electrons. The van der Waals surface area contributed by atoms with Gasteiger partial charge in [-0.25, -0.2) is 9.97 Å². The van der Waals surface area contributed by atoms with Crippen LogP contribution in [-0.2, 0) is 11.2 Å². The fourth-order valence-corrected chi connectivity index (χ4v) is 4.58. The molecule has 0 fully saturated rings. The minimum absolute atomic E-state index is 0.0332. The lowest BCUT2D eigenvalue weighted by Crippen LogP contribution is -2.32. The standard InChI is InChI=1S/C30H35N5O/c1-22-10-14-24(15-11-22)28-29(25-16-12-23(2)13-17-25)34-30-26(33-28)8-6-21-35(30)20-5-3-4-9-27(36)32-19-7-18-31/h10-17H,3-9,19-21H2,1-2H3,(H,32,36). The van der Waals surface area contributed by atoms with Gasteiger partial charge in [-0.05, 0) is 39.5 Å². The van der Waals surface area contributed by atoms with Crippen LogP contribution in [0.3, 0.4) is 0 Å². The first-order valence-corrected chi connectivity index (χ1v) is 13.0. The summed E-state index contributed by atoms with van der Waals surface area (Å²) in [4.78, 5) is 24.6. The molecule has 0 aliphatic carbocycles. The van der Waals surface area contributed by atoms with Crippen molar-refractivity contribution in [3.63, 3.8) is 0 Å². The summed E-state index contributed by atoms with van der Waals surface area (Å²) < 4.78 is 0. The highest BCUT2D eigenvalue weighted by Crippen LogP contribution is 2.35. The van der Waals surface area contributed by atoms with Crippen LogP contribution in [0.1, 0.15) is 55.3 Å². The lowest BCUT2D eigenvalue weighted by molar-refractivity contribution is -0.121. The normalized spacial score (nSPS) is 12.6. The minimum Gasteiger partial charge on any atom is -0.355 e. The fourth-order valence-electron chi connectivity index (χ4n) is 4.58. The van der Waals surface area contributed by atoms with Crippen LogP contribution < -0.4 is 10.2 Å². The summed E-state index contributed by atoms with van der Waals surface area (Å²) in [7, 11) is 0. The highest BCUT2D eigenvalue weighted by Gasteiger charge is 2.23. The Labute approximate surface area is 214 Å². The highest BCUT2D eigenvalue weighted by atomic mass is 16.1. The fraction of sp³-hybridized carbons (Fsp3) is 0.400. The van der Waals surface area contributed by atoms with E-state index in [2.05, 4.69) is 72.6 Å².